The van der Waals surface area contributed by atoms with E-state index >= 15 is 0 Å². The van der Waals surface area contributed by atoms with Crippen molar-refractivity contribution < 1.29 is 28.6 Å². The van der Waals surface area contributed by atoms with Gasteiger partial charge in [0.1, 0.15) is 18.8 Å². The van der Waals surface area contributed by atoms with Gasteiger partial charge < -0.3 is 24.4 Å². The summed E-state index contributed by atoms with van der Waals surface area (Å²) in [6.45, 7) is 4.84. The van der Waals surface area contributed by atoms with E-state index < -0.39 is 17.4 Å². The van der Waals surface area contributed by atoms with Crippen LogP contribution in [0.3, 0.4) is 0 Å². The third-order valence-corrected chi connectivity index (χ3v) is 5.48. The molecule has 1 saturated heterocycles. The Labute approximate surface area is 164 Å². The van der Waals surface area contributed by atoms with Crippen molar-refractivity contribution in [2.24, 2.45) is 5.92 Å². The van der Waals surface area contributed by atoms with Crippen LogP contribution in [0.2, 0.25) is 0 Å². The van der Waals surface area contributed by atoms with Crippen molar-refractivity contribution >= 4 is 23.5 Å². The number of carbonyl (C=O) groups is 3. The van der Waals surface area contributed by atoms with Crippen LogP contribution in [0.5, 0.6) is 11.5 Å². The second-order valence-electron chi connectivity index (χ2n) is 7.00. The number of amides is 2. The third-order valence-electron chi connectivity index (χ3n) is 5.48. The average molecular weight is 390 g/mol. The maximum absolute atomic E-state index is 12.8. The number of hydrogen-bond acceptors (Lipinski definition) is 6. The number of ether oxygens (including phenoxy) is 3. The van der Waals surface area contributed by atoms with Crippen molar-refractivity contribution in [3.05, 3.63) is 18.2 Å². The van der Waals surface area contributed by atoms with E-state index in [2.05, 4.69) is 5.32 Å². The normalized spacial score (nSPS) is 18.8. The van der Waals surface area contributed by atoms with Crippen molar-refractivity contribution in [2.75, 3.05) is 31.8 Å². The lowest BCUT2D eigenvalue weighted by atomic mass is 9.91. The molecular weight excluding hydrogens is 364 g/mol. The Balaban J connectivity index is 1.73. The molecule has 0 radical (unpaired) electrons. The molecular formula is C20H26N2O6. The Kier molecular flexibility index (Phi) is 5.76. The number of anilines is 1. The maximum atomic E-state index is 12.8. The Bertz CT molecular complexity index is 774. The molecule has 8 nitrogen and oxygen atoms in total. The standard InChI is InChI=1S/C20H26N2O6/c1-4-20(5-2,19(25)26-3)21-18(24)13-10-17(23)22(12-13)14-6-7-15-16(11-14)28-9-8-27-15/h6-7,11,13H,4-5,8-10,12H2,1-3H3,(H,21,24). The highest BCUT2D eigenvalue weighted by Crippen LogP contribution is 2.36. The molecule has 1 unspecified atom stereocenters. The molecule has 1 aromatic carbocycles. The first-order valence-electron chi connectivity index (χ1n) is 9.54. The van der Waals surface area contributed by atoms with Gasteiger partial charge in [0.15, 0.2) is 11.5 Å². The molecule has 2 amide bonds. The van der Waals surface area contributed by atoms with Crippen LogP contribution in [0.4, 0.5) is 5.69 Å². The van der Waals surface area contributed by atoms with Crippen molar-refractivity contribution in [2.45, 2.75) is 38.6 Å². The zero-order valence-electron chi connectivity index (χ0n) is 16.4. The number of nitrogens with one attached hydrogen (secondary N) is 1. The quantitative estimate of drug-likeness (QED) is 0.743. The maximum Gasteiger partial charge on any atom is 0.331 e. The molecule has 0 saturated carbocycles. The fourth-order valence-corrected chi connectivity index (χ4v) is 3.63. The summed E-state index contributed by atoms with van der Waals surface area (Å²) in [7, 11) is 1.30. The van der Waals surface area contributed by atoms with Gasteiger partial charge in [0.05, 0.1) is 13.0 Å². The number of hydrogen-bond donors (Lipinski definition) is 1. The molecule has 0 spiro atoms. The van der Waals surface area contributed by atoms with Crippen LogP contribution >= 0.6 is 0 Å². The van der Waals surface area contributed by atoms with Gasteiger partial charge in [-0.05, 0) is 25.0 Å². The fourth-order valence-electron chi connectivity index (χ4n) is 3.63. The first-order valence-corrected chi connectivity index (χ1v) is 9.54. The molecule has 0 bridgehead atoms. The highest BCUT2D eigenvalue weighted by molar-refractivity contribution is 6.01. The van der Waals surface area contributed by atoms with Crippen LogP contribution in [-0.4, -0.2) is 50.2 Å². The number of esters is 1. The molecule has 1 atom stereocenters. The molecule has 2 aliphatic rings. The Morgan fingerprint density at radius 3 is 2.54 bits per heavy atom. The Morgan fingerprint density at radius 2 is 1.89 bits per heavy atom. The predicted molar refractivity (Wildman–Crippen MR) is 101 cm³/mol. The van der Waals surface area contributed by atoms with E-state index in [-0.39, 0.29) is 24.8 Å². The van der Waals surface area contributed by atoms with Gasteiger partial charge in [-0.25, -0.2) is 4.79 Å². The second kappa shape index (κ2) is 8.08. The molecule has 2 heterocycles. The van der Waals surface area contributed by atoms with Gasteiger partial charge in [-0.15, -0.1) is 0 Å². The van der Waals surface area contributed by atoms with Gasteiger partial charge in [0.2, 0.25) is 11.8 Å². The summed E-state index contributed by atoms with van der Waals surface area (Å²) in [6, 6.07) is 5.30. The first-order chi connectivity index (χ1) is 13.4. The lowest BCUT2D eigenvalue weighted by Crippen LogP contribution is -2.56. The van der Waals surface area contributed by atoms with Gasteiger partial charge in [-0.2, -0.15) is 0 Å². The summed E-state index contributed by atoms with van der Waals surface area (Å²) in [5.41, 5.74) is -0.408. The molecule has 0 aromatic heterocycles. The molecule has 1 fully saturated rings. The van der Waals surface area contributed by atoms with Gasteiger partial charge in [0.25, 0.3) is 0 Å². The van der Waals surface area contributed by atoms with Crippen molar-refractivity contribution in [1.29, 1.82) is 0 Å². The summed E-state index contributed by atoms with van der Waals surface area (Å²) in [5, 5.41) is 2.83. The first kappa shape index (κ1) is 20.0. The van der Waals surface area contributed by atoms with E-state index in [1.165, 1.54) is 7.11 Å². The van der Waals surface area contributed by atoms with Crippen LogP contribution in [-0.2, 0) is 19.1 Å². The van der Waals surface area contributed by atoms with Crippen molar-refractivity contribution in [3.8, 4) is 11.5 Å². The lowest BCUT2D eigenvalue weighted by Gasteiger charge is -2.30. The molecule has 3 rings (SSSR count). The summed E-state index contributed by atoms with van der Waals surface area (Å²) < 4.78 is 15.9. The zero-order valence-corrected chi connectivity index (χ0v) is 16.4. The minimum atomic E-state index is -1.07. The molecule has 152 valence electrons. The summed E-state index contributed by atoms with van der Waals surface area (Å²) in [6.07, 6.45) is 0.911. The van der Waals surface area contributed by atoms with E-state index in [9.17, 15) is 14.4 Å². The summed E-state index contributed by atoms with van der Waals surface area (Å²) in [4.78, 5) is 39.1. The lowest BCUT2D eigenvalue weighted by molar-refractivity contribution is -0.152. The van der Waals surface area contributed by atoms with Crippen LogP contribution in [0.15, 0.2) is 18.2 Å². The number of methoxy groups -OCH3 is 1. The second-order valence-corrected chi connectivity index (χ2v) is 7.00. The topological polar surface area (TPSA) is 94.2 Å². The summed E-state index contributed by atoms with van der Waals surface area (Å²) >= 11 is 0. The average Bonchev–Trinajstić information content (AvgIpc) is 3.12. The van der Waals surface area contributed by atoms with Crippen LogP contribution < -0.4 is 19.7 Å². The third kappa shape index (κ3) is 3.63. The highest BCUT2D eigenvalue weighted by Gasteiger charge is 2.42. The molecule has 2 aliphatic heterocycles. The van der Waals surface area contributed by atoms with Crippen LogP contribution in [0, 0.1) is 5.92 Å². The minimum absolute atomic E-state index is 0.0883. The van der Waals surface area contributed by atoms with E-state index in [1.54, 1.807) is 23.1 Å². The minimum Gasteiger partial charge on any atom is -0.486 e. The molecule has 0 aliphatic carbocycles. The SMILES string of the molecule is CCC(CC)(NC(=O)C1CC(=O)N(c2ccc3c(c2)OCCO3)C1)C(=O)OC. The Hall–Kier alpha value is -2.77. The fraction of sp³-hybridized carbons (Fsp3) is 0.550. The molecule has 28 heavy (non-hydrogen) atoms. The Morgan fingerprint density at radius 1 is 1.21 bits per heavy atom. The number of nitrogens with zero attached hydrogens (tertiary/aromatic N) is 1. The van der Waals surface area contributed by atoms with Gasteiger partial charge in [-0.3, -0.25) is 9.59 Å². The van der Waals surface area contributed by atoms with E-state index in [4.69, 9.17) is 14.2 Å². The van der Waals surface area contributed by atoms with Crippen molar-refractivity contribution in [3.63, 3.8) is 0 Å². The number of carbonyl (C=O) groups excluding carboxylic acids is 3. The number of fused-ring (bicyclic) bond motifs is 1. The van der Waals surface area contributed by atoms with Crippen LogP contribution in [0.1, 0.15) is 33.1 Å². The van der Waals surface area contributed by atoms with E-state index in [0.29, 0.717) is 43.2 Å². The van der Waals surface area contributed by atoms with Crippen LogP contribution in [0.25, 0.3) is 0 Å². The largest absolute Gasteiger partial charge is 0.486 e. The van der Waals surface area contributed by atoms with E-state index in [0.717, 1.165) is 0 Å². The molecule has 1 aromatic rings. The van der Waals surface area contributed by atoms with Gasteiger partial charge in [0, 0.05) is 24.7 Å². The molecule has 1 N–H and O–H groups in total. The molecule has 8 heteroatoms. The van der Waals surface area contributed by atoms with Crippen molar-refractivity contribution in [1.82, 2.24) is 5.32 Å². The zero-order chi connectivity index (χ0) is 20.3. The van der Waals surface area contributed by atoms with Gasteiger partial charge in [-0.1, -0.05) is 13.8 Å². The smallest absolute Gasteiger partial charge is 0.331 e. The van der Waals surface area contributed by atoms with E-state index in [1.807, 2.05) is 13.8 Å². The number of benzene rings is 1. The number of rotatable bonds is 6. The van der Waals surface area contributed by atoms with Gasteiger partial charge >= 0.3 is 5.97 Å². The summed E-state index contributed by atoms with van der Waals surface area (Å²) in [5.74, 6) is -0.242. The monoisotopic (exact) mass is 390 g/mol. The predicted octanol–water partition coefficient (Wildman–Crippen LogP) is 1.66. The highest BCUT2D eigenvalue weighted by atomic mass is 16.6.